The number of aliphatic carboxylic acids is 1. The molecule has 0 aliphatic heterocycles. The lowest BCUT2D eigenvalue weighted by molar-refractivity contribution is -0.133. The fourth-order valence-corrected chi connectivity index (χ4v) is 5.08. The van der Waals surface area contributed by atoms with Crippen molar-refractivity contribution in [1.82, 2.24) is 9.88 Å². The summed E-state index contributed by atoms with van der Waals surface area (Å²) < 4.78 is 6.91. The van der Waals surface area contributed by atoms with Crippen LogP contribution in [0.25, 0.3) is 0 Å². The van der Waals surface area contributed by atoms with Crippen molar-refractivity contribution in [2.45, 2.75) is 88.7 Å². The topological polar surface area (TPSA) is 91.8 Å². The Hall–Kier alpha value is -1.32. The number of carbonyl (C=O) groups is 2. The Kier molecular flexibility index (Phi) is 9.43. The maximum atomic E-state index is 13.1. The van der Waals surface area contributed by atoms with Crippen molar-refractivity contribution >= 4 is 40.2 Å². The van der Waals surface area contributed by atoms with Gasteiger partial charge in [-0.2, -0.15) is 0 Å². The highest BCUT2D eigenvalue weighted by atomic mass is 32.2. The Morgan fingerprint density at radius 3 is 2.57 bits per heavy atom. The van der Waals surface area contributed by atoms with Crippen molar-refractivity contribution in [1.29, 1.82) is 0 Å². The Morgan fingerprint density at radius 2 is 2.00 bits per heavy atom. The summed E-state index contributed by atoms with van der Waals surface area (Å²) in [5.74, 6) is -0.375. The van der Waals surface area contributed by atoms with Crippen LogP contribution < -0.4 is 5.32 Å². The highest BCUT2D eigenvalue weighted by Crippen LogP contribution is 2.31. The molecule has 0 unspecified atom stereocenters. The van der Waals surface area contributed by atoms with E-state index in [-0.39, 0.29) is 29.5 Å². The Balaban J connectivity index is 1.97. The van der Waals surface area contributed by atoms with Crippen molar-refractivity contribution in [2.24, 2.45) is 5.92 Å². The normalized spacial score (nSPS) is 19.7. The number of urea groups is 1. The van der Waals surface area contributed by atoms with Crippen LogP contribution in [-0.2, 0) is 9.53 Å². The van der Waals surface area contributed by atoms with Gasteiger partial charge in [0.15, 0.2) is 5.13 Å². The molecule has 1 aliphatic carbocycles. The average molecular weight is 458 g/mol. The van der Waals surface area contributed by atoms with Crippen LogP contribution in [-0.4, -0.2) is 57.0 Å². The van der Waals surface area contributed by atoms with E-state index < -0.39 is 5.97 Å². The lowest BCUT2D eigenvalue weighted by Gasteiger charge is -2.38. The zero-order valence-electron chi connectivity index (χ0n) is 18.6. The highest BCUT2D eigenvalue weighted by Gasteiger charge is 2.31. The summed E-state index contributed by atoms with van der Waals surface area (Å²) in [7, 11) is 0. The summed E-state index contributed by atoms with van der Waals surface area (Å²) in [6.45, 7) is 11.3. The van der Waals surface area contributed by atoms with E-state index in [0.29, 0.717) is 17.6 Å². The minimum Gasteiger partial charge on any atom is -0.481 e. The van der Waals surface area contributed by atoms with Gasteiger partial charge in [-0.3, -0.25) is 10.1 Å². The SMILES string of the molecule is CC(C)CCN(C(=O)Nc1ncc(SCC(=O)O)s1)[C@H]1CC[C@H](OC(C)(C)C)CC1. The number of nitrogens with one attached hydrogen (secondary N) is 1. The molecule has 1 saturated carbocycles. The molecule has 0 atom stereocenters. The number of carboxylic acid groups (broad SMARTS) is 1. The third-order valence-electron chi connectivity index (χ3n) is 4.85. The number of thiazole rings is 1. The minimum absolute atomic E-state index is 0.0179. The number of ether oxygens (including phenoxy) is 1. The lowest BCUT2D eigenvalue weighted by Crippen LogP contribution is -2.46. The van der Waals surface area contributed by atoms with Crippen molar-refractivity contribution in [3.05, 3.63) is 6.20 Å². The number of carbonyl (C=O) groups excluding carboxylic acids is 1. The molecule has 0 aromatic carbocycles. The van der Waals surface area contributed by atoms with E-state index >= 15 is 0 Å². The maximum Gasteiger partial charge on any atom is 0.323 e. The Labute approximate surface area is 188 Å². The van der Waals surface area contributed by atoms with E-state index in [1.54, 1.807) is 6.20 Å². The number of carboxylic acids is 1. The molecule has 170 valence electrons. The van der Waals surface area contributed by atoms with Crippen molar-refractivity contribution in [3.63, 3.8) is 0 Å². The summed E-state index contributed by atoms with van der Waals surface area (Å²) in [5.41, 5.74) is -0.145. The summed E-state index contributed by atoms with van der Waals surface area (Å²) >= 11 is 2.52. The Bertz CT molecular complexity index is 695. The van der Waals surface area contributed by atoms with E-state index in [9.17, 15) is 9.59 Å². The van der Waals surface area contributed by atoms with Crippen LogP contribution >= 0.6 is 23.1 Å². The van der Waals surface area contributed by atoms with Gasteiger partial charge in [0.25, 0.3) is 0 Å². The smallest absolute Gasteiger partial charge is 0.323 e. The molecule has 30 heavy (non-hydrogen) atoms. The van der Waals surface area contributed by atoms with Crippen molar-refractivity contribution < 1.29 is 19.4 Å². The number of anilines is 1. The Morgan fingerprint density at radius 1 is 1.33 bits per heavy atom. The second-order valence-corrected chi connectivity index (χ2v) is 11.4. The highest BCUT2D eigenvalue weighted by molar-refractivity contribution is 8.01. The molecule has 2 N–H and O–H groups in total. The predicted octanol–water partition coefficient (Wildman–Crippen LogP) is 5.33. The summed E-state index contributed by atoms with van der Waals surface area (Å²) in [4.78, 5) is 30.0. The zero-order chi connectivity index (χ0) is 22.3. The summed E-state index contributed by atoms with van der Waals surface area (Å²) in [5, 5.41) is 12.2. The standard InChI is InChI=1S/C21H35N3O4S2/c1-14(2)10-11-24(15-6-8-16(9-7-15)28-21(3,4)5)20(27)23-19-22-12-18(30-19)29-13-17(25)26/h12,14-16H,6-11,13H2,1-5H3,(H,25,26)(H,22,23,27)/t15-,16-. The van der Waals surface area contributed by atoms with Crippen LogP contribution in [0.3, 0.4) is 0 Å². The van der Waals surface area contributed by atoms with E-state index in [4.69, 9.17) is 9.84 Å². The third-order valence-corrected chi connectivity index (χ3v) is 6.94. The maximum absolute atomic E-state index is 13.1. The summed E-state index contributed by atoms with van der Waals surface area (Å²) in [6, 6.07) is 0.0735. The molecule has 0 bridgehead atoms. The molecule has 9 heteroatoms. The van der Waals surface area contributed by atoms with Gasteiger partial charge in [0, 0.05) is 12.6 Å². The molecule has 2 amide bonds. The van der Waals surface area contributed by atoms with Crippen LogP contribution in [0.2, 0.25) is 0 Å². The number of nitrogens with zero attached hydrogens (tertiary/aromatic N) is 2. The number of aromatic nitrogens is 1. The van der Waals surface area contributed by atoms with Gasteiger partial charge in [-0.15, -0.1) is 11.8 Å². The van der Waals surface area contributed by atoms with Gasteiger partial charge in [0.2, 0.25) is 0 Å². The lowest BCUT2D eigenvalue weighted by atomic mass is 9.91. The fraction of sp³-hybridized carbons (Fsp3) is 0.762. The third kappa shape index (κ3) is 8.81. The first-order chi connectivity index (χ1) is 14.0. The monoisotopic (exact) mass is 457 g/mol. The van der Waals surface area contributed by atoms with Crippen molar-refractivity contribution in [3.8, 4) is 0 Å². The van der Waals surface area contributed by atoms with Crippen LogP contribution in [0.5, 0.6) is 0 Å². The molecule has 0 saturated heterocycles. The van der Waals surface area contributed by atoms with Crippen LogP contribution in [0, 0.1) is 5.92 Å². The predicted molar refractivity (Wildman–Crippen MR) is 123 cm³/mol. The molecule has 7 nitrogen and oxygen atoms in total. The van der Waals surface area contributed by atoms with Crippen LogP contribution in [0.1, 0.15) is 66.7 Å². The molecular weight excluding hydrogens is 422 g/mol. The first kappa shape index (κ1) is 24.9. The van der Waals surface area contributed by atoms with E-state index in [1.165, 1.54) is 23.1 Å². The zero-order valence-corrected chi connectivity index (χ0v) is 20.3. The van der Waals surface area contributed by atoms with Gasteiger partial charge in [0.1, 0.15) is 0 Å². The van der Waals surface area contributed by atoms with Gasteiger partial charge in [0.05, 0.1) is 27.9 Å². The fourth-order valence-electron chi connectivity index (χ4n) is 3.50. The van der Waals surface area contributed by atoms with Gasteiger partial charge in [-0.05, 0) is 58.8 Å². The molecule has 2 rings (SSSR count). The number of hydrogen-bond acceptors (Lipinski definition) is 6. The molecule has 1 aromatic rings. The van der Waals surface area contributed by atoms with E-state index in [0.717, 1.165) is 36.3 Å². The second-order valence-electron chi connectivity index (χ2n) is 9.13. The van der Waals surface area contributed by atoms with Crippen molar-refractivity contribution in [2.75, 3.05) is 17.6 Å². The van der Waals surface area contributed by atoms with Gasteiger partial charge >= 0.3 is 12.0 Å². The average Bonchev–Trinajstić information content (AvgIpc) is 3.07. The molecule has 0 radical (unpaired) electrons. The molecule has 1 aromatic heterocycles. The van der Waals surface area contributed by atoms with Gasteiger partial charge in [-0.1, -0.05) is 25.2 Å². The quantitative estimate of drug-likeness (QED) is 0.487. The van der Waals surface area contributed by atoms with E-state index in [1.807, 2.05) is 4.90 Å². The number of rotatable bonds is 9. The van der Waals surface area contributed by atoms with Crippen LogP contribution in [0.15, 0.2) is 10.4 Å². The first-order valence-electron chi connectivity index (χ1n) is 10.6. The molecule has 1 fully saturated rings. The molecular formula is C21H35N3O4S2. The summed E-state index contributed by atoms with van der Waals surface area (Å²) in [6.07, 6.45) is 6.60. The van der Waals surface area contributed by atoms with Gasteiger partial charge in [-0.25, -0.2) is 9.78 Å². The second kappa shape index (κ2) is 11.3. The number of amides is 2. The molecule has 1 heterocycles. The first-order valence-corrected chi connectivity index (χ1v) is 12.4. The van der Waals surface area contributed by atoms with Crippen LogP contribution in [0.4, 0.5) is 9.93 Å². The molecule has 1 aliphatic rings. The largest absolute Gasteiger partial charge is 0.481 e. The number of thioether (sulfide) groups is 1. The number of hydrogen-bond donors (Lipinski definition) is 2. The van der Waals surface area contributed by atoms with E-state index in [2.05, 4.69) is 44.9 Å². The molecule has 0 spiro atoms. The van der Waals surface area contributed by atoms with Gasteiger partial charge < -0.3 is 14.7 Å². The minimum atomic E-state index is -0.870.